The molecule has 0 amide bonds. The summed E-state index contributed by atoms with van der Waals surface area (Å²) in [5.74, 6) is -0.0915. The van der Waals surface area contributed by atoms with Gasteiger partial charge in [-0.3, -0.25) is 0 Å². The van der Waals surface area contributed by atoms with E-state index in [0.717, 1.165) is 19.4 Å². The third-order valence-corrected chi connectivity index (χ3v) is 4.88. The third kappa shape index (κ3) is 4.04. The van der Waals surface area contributed by atoms with Gasteiger partial charge >= 0.3 is 0 Å². The van der Waals surface area contributed by atoms with Crippen LogP contribution in [0.5, 0.6) is 0 Å². The van der Waals surface area contributed by atoms with Crippen molar-refractivity contribution >= 4 is 10.0 Å². The van der Waals surface area contributed by atoms with Crippen molar-refractivity contribution in [3.05, 3.63) is 35.4 Å². The fourth-order valence-corrected chi connectivity index (χ4v) is 3.91. The highest BCUT2D eigenvalue weighted by atomic mass is 32.2. The summed E-state index contributed by atoms with van der Waals surface area (Å²) < 4.78 is 27.1. The maximum Gasteiger partial charge on any atom is 0.216 e. The zero-order valence-electron chi connectivity index (χ0n) is 11.5. The van der Waals surface area contributed by atoms with Crippen molar-refractivity contribution in [3.63, 3.8) is 0 Å². The minimum atomic E-state index is -3.39. The topological polar surface area (TPSA) is 82.0 Å². The molecule has 1 aromatic carbocycles. The molecule has 2 N–H and O–H groups in total. The number of rotatable bonds is 4. The molecule has 20 heavy (non-hydrogen) atoms. The lowest BCUT2D eigenvalue weighted by atomic mass is 10.0. The first-order valence-electron chi connectivity index (χ1n) is 6.72. The number of hydrogen-bond donors (Lipinski definition) is 2. The average Bonchev–Trinajstić information content (AvgIpc) is 2.41. The molecule has 1 aliphatic heterocycles. The van der Waals surface area contributed by atoms with Crippen molar-refractivity contribution in [2.45, 2.75) is 37.6 Å². The fraction of sp³-hybridized carbons (Fsp3) is 0.500. The minimum Gasteiger partial charge on any atom is -0.313 e. The Morgan fingerprint density at radius 1 is 1.50 bits per heavy atom. The van der Waals surface area contributed by atoms with Gasteiger partial charge in [0.2, 0.25) is 10.0 Å². The van der Waals surface area contributed by atoms with Crippen LogP contribution in [0, 0.1) is 11.3 Å². The van der Waals surface area contributed by atoms with Gasteiger partial charge in [0.1, 0.15) is 0 Å². The van der Waals surface area contributed by atoms with Crippen molar-refractivity contribution in [3.8, 4) is 6.07 Å². The van der Waals surface area contributed by atoms with Gasteiger partial charge in [-0.15, -0.1) is 0 Å². The molecule has 0 aromatic heterocycles. The van der Waals surface area contributed by atoms with Crippen LogP contribution < -0.4 is 10.0 Å². The molecule has 1 aromatic rings. The van der Waals surface area contributed by atoms with E-state index in [1.54, 1.807) is 24.3 Å². The average molecular weight is 293 g/mol. The van der Waals surface area contributed by atoms with Crippen LogP contribution in [0.25, 0.3) is 0 Å². The Balaban J connectivity index is 2.05. The van der Waals surface area contributed by atoms with Gasteiger partial charge in [-0.2, -0.15) is 5.26 Å². The second-order valence-electron chi connectivity index (χ2n) is 5.18. The molecule has 1 aliphatic rings. The van der Waals surface area contributed by atoms with Crippen LogP contribution in [0.15, 0.2) is 24.3 Å². The van der Waals surface area contributed by atoms with E-state index in [4.69, 9.17) is 5.26 Å². The summed E-state index contributed by atoms with van der Waals surface area (Å²) >= 11 is 0. The smallest absolute Gasteiger partial charge is 0.216 e. The fourth-order valence-electron chi connectivity index (χ4n) is 2.43. The minimum absolute atomic E-state index is 0.0621. The highest BCUT2D eigenvalue weighted by Crippen LogP contribution is 2.12. The molecule has 0 saturated carbocycles. The molecule has 2 atom stereocenters. The molecular formula is C14H19N3O2S. The number of nitriles is 1. The van der Waals surface area contributed by atoms with Crippen LogP contribution in [0.2, 0.25) is 0 Å². The van der Waals surface area contributed by atoms with Crippen LogP contribution >= 0.6 is 0 Å². The molecule has 2 rings (SSSR count). The van der Waals surface area contributed by atoms with Crippen molar-refractivity contribution < 1.29 is 8.42 Å². The molecule has 6 heteroatoms. The van der Waals surface area contributed by atoms with Gasteiger partial charge < -0.3 is 5.32 Å². The van der Waals surface area contributed by atoms with Gasteiger partial charge in [-0.05, 0) is 44.0 Å². The number of hydrogen-bond acceptors (Lipinski definition) is 4. The molecule has 1 heterocycles. The van der Waals surface area contributed by atoms with Crippen LogP contribution in [0.4, 0.5) is 0 Å². The SMILES string of the molecule is CC1NCCCC1NS(=O)(=O)Cc1cccc(C#N)c1. The Morgan fingerprint density at radius 2 is 2.30 bits per heavy atom. The van der Waals surface area contributed by atoms with E-state index in [2.05, 4.69) is 10.0 Å². The summed E-state index contributed by atoms with van der Waals surface area (Å²) in [6.07, 6.45) is 1.83. The van der Waals surface area contributed by atoms with E-state index in [1.165, 1.54) is 0 Å². The molecule has 2 unspecified atom stereocenters. The maximum atomic E-state index is 12.2. The summed E-state index contributed by atoms with van der Waals surface area (Å²) in [6, 6.07) is 8.80. The maximum absolute atomic E-state index is 12.2. The number of sulfonamides is 1. The first kappa shape index (κ1) is 15.0. The second-order valence-corrected chi connectivity index (χ2v) is 6.93. The lowest BCUT2D eigenvalue weighted by molar-refractivity contribution is 0.348. The van der Waals surface area contributed by atoms with Crippen molar-refractivity contribution in [1.82, 2.24) is 10.0 Å². The van der Waals surface area contributed by atoms with Gasteiger partial charge in [-0.25, -0.2) is 13.1 Å². The van der Waals surface area contributed by atoms with E-state index >= 15 is 0 Å². The van der Waals surface area contributed by atoms with E-state index in [9.17, 15) is 8.42 Å². The number of nitrogens with zero attached hydrogens (tertiary/aromatic N) is 1. The van der Waals surface area contributed by atoms with Gasteiger partial charge in [0.15, 0.2) is 0 Å². The molecule has 5 nitrogen and oxygen atoms in total. The Kier molecular flexibility index (Phi) is 4.76. The third-order valence-electron chi connectivity index (χ3n) is 3.51. The lowest BCUT2D eigenvalue weighted by Crippen LogP contribution is -2.52. The molecular weight excluding hydrogens is 274 g/mol. The van der Waals surface area contributed by atoms with Crippen LogP contribution in [-0.4, -0.2) is 27.0 Å². The van der Waals surface area contributed by atoms with E-state index in [0.29, 0.717) is 11.1 Å². The molecule has 0 spiro atoms. The number of piperidine rings is 1. The Morgan fingerprint density at radius 3 is 3.00 bits per heavy atom. The first-order chi connectivity index (χ1) is 9.50. The normalized spacial score (nSPS) is 23.2. The number of nitrogens with one attached hydrogen (secondary N) is 2. The molecule has 1 saturated heterocycles. The van der Waals surface area contributed by atoms with Gasteiger partial charge in [0, 0.05) is 12.1 Å². The predicted octanol–water partition coefficient (Wildman–Crippen LogP) is 1.12. The van der Waals surface area contributed by atoms with E-state index < -0.39 is 10.0 Å². The van der Waals surface area contributed by atoms with E-state index in [-0.39, 0.29) is 17.8 Å². The lowest BCUT2D eigenvalue weighted by Gasteiger charge is -2.30. The van der Waals surface area contributed by atoms with Gasteiger partial charge in [-0.1, -0.05) is 12.1 Å². The van der Waals surface area contributed by atoms with Crippen molar-refractivity contribution in [2.24, 2.45) is 0 Å². The molecule has 0 radical (unpaired) electrons. The van der Waals surface area contributed by atoms with Crippen LogP contribution in [-0.2, 0) is 15.8 Å². The molecule has 0 bridgehead atoms. The van der Waals surface area contributed by atoms with Crippen LogP contribution in [0.1, 0.15) is 30.9 Å². The predicted molar refractivity (Wildman–Crippen MR) is 77.4 cm³/mol. The largest absolute Gasteiger partial charge is 0.313 e. The Labute approximate surface area is 120 Å². The summed E-state index contributed by atoms with van der Waals surface area (Å²) in [5, 5.41) is 12.1. The Bertz CT molecular complexity index is 607. The molecule has 0 aliphatic carbocycles. The highest BCUT2D eigenvalue weighted by molar-refractivity contribution is 7.88. The van der Waals surface area contributed by atoms with Crippen molar-refractivity contribution in [2.75, 3.05) is 6.54 Å². The molecule has 1 fully saturated rings. The van der Waals surface area contributed by atoms with Crippen LogP contribution in [0.3, 0.4) is 0 Å². The summed E-state index contributed by atoms with van der Waals surface area (Å²) in [4.78, 5) is 0. The number of benzene rings is 1. The zero-order chi connectivity index (χ0) is 14.6. The standard InChI is InChI=1S/C14H19N3O2S/c1-11-14(6-3-7-16-11)17-20(18,19)10-13-5-2-4-12(8-13)9-15/h2,4-5,8,11,14,16-17H,3,6-7,10H2,1H3. The first-order valence-corrected chi connectivity index (χ1v) is 8.38. The summed E-state index contributed by atoms with van der Waals surface area (Å²) in [7, 11) is -3.39. The Hall–Kier alpha value is -1.42. The molecule has 108 valence electrons. The highest BCUT2D eigenvalue weighted by Gasteiger charge is 2.25. The quantitative estimate of drug-likeness (QED) is 0.871. The van der Waals surface area contributed by atoms with Crippen molar-refractivity contribution in [1.29, 1.82) is 5.26 Å². The summed E-state index contributed by atoms with van der Waals surface area (Å²) in [6.45, 7) is 2.92. The van der Waals surface area contributed by atoms with E-state index in [1.807, 2.05) is 13.0 Å². The monoisotopic (exact) mass is 293 g/mol. The van der Waals surface area contributed by atoms with Gasteiger partial charge in [0.05, 0.1) is 17.4 Å². The zero-order valence-corrected chi connectivity index (χ0v) is 12.3. The second kappa shape index (κ2) is 6.35. The van der Waals surface area contributed by atoms with Gasteiger partial charge in [0.25, 0.3) is 0 Å². The summed E-state index contributed by atoms with van der Waals surface area (Å²) in [5.41, 5.74) is 1.11.